The topological polar surface area (TPSA) is 79.9 Å². The second kappa shape index (κ2) is 9.19. The van der Waals surface area contributed by atoms with Crippen molar-refractivity contribution in [2.45, 2.75) is 38.1 Å². The van der Waals surface area contributed by atoms with Crippen LogP contribution in [0.15, 0.2) is 18.2 Å². The molecule has 3 rings (SSSR count). The SMILES string of the molecule is COCC(=O)Nc1ccc(OC)cc1NC(=O)[C@@H]1CCCN2CCCC[C@H]12. The molecule has 2 amide bonds. The minimum absolute atomic E-state index is 0.0158. The minimum Gasteiger partial charge on any atom is -0.497 e. The summed E-state index contributed by atoms with van der Waals surface area (Å²) in [5.74, 6) is 0.349. The summed E-state index contributed by atoms with van der Waals surface area (Å²) in [4.78, 5) is 27.4. The molecule has 2 N–H and O–H groups in total. The van der Waals surface area contributed by atoms with E-state index in [1.54, 1.807) is 25.3 Å². The first-order chi connectivity index (χ1) is 13.1. The molecule has 2 atom stereocenters. The molecule has 7 heteroatoms. The van der Waals surface area contributed by atoms with Crippen LogP contribution in [-0.4, -0.2) is 56.7 Å². The zero-order valence-electron chi connectivity index (χ0n) is 16.1. The molecule has 0 aliphatic carbocycles. The van der Waals surface area contributed by atoms with Crippen molar-refractivity contribution in [3.05, 3.63) is 18.2 Å². The highest BCUT2D eigenvalue weighted by Crippen LogP contribution is 2.33. The average Bonchev–Trinajstić information content (AvgIpc) is 2.69. The lowest BCUT2D eigenvalue weighted by atomic mass is 9.83. The zero-order valence-corrected chi connectivity index (χ0v) is 16.1. The molecular weight excluding hydrogens is 346 g/mol. The van der Waals surface area contributed by atoms with E-state index in [1.807, 2.05) is 0 Å². The van der Waals surface area contributed by atoms with Crippen LogP contribution in [-0.2, 0) is 14.3 Å². The number of carbonyl (C=O) groups is 2. The number of nitrogens with zero attached hydrogens (tertiary/aromatic N) is 1. The van der Waals surface area contributed by atoms with Crippen LogP contribution in [0.2, 0.25) is 0 Å². The number of rotatable bonds is 6. The fraction of sp³-hybridized carbons (Fsp3) is 0.600. The first-order valence-electron chi connectivity index (χ1n) is 9.64. The summed E-state index contributed by atoms with van der Waals surface area (Å²) in [5.41, 5.74) is 1.10. The predicted octanol–water partition coefficient (Wildman–Crippen LogP) is 2.48. The number of hydrogen-bond acceptors (Lipinski definition) is 5. The fourth-order valence-corrected chi connectivity index (χ4v) is 4.17. The summed E-state index contributed by atoms with van der Waals surface area (Å²) in [5, 5.41) is 5.82. The lowest BCUT2D eigenvalue weighted by molar-refractivity contribution is -0.124. The quantitative estimate of drug-likeness (QED) is 0.799. The summed E-state index contributed by atoms with van der Waals surface area (Å²) < 4.78 is 10.1. The van der Waals surface area contributed by atoms with E-state index < -0.39 is 0 Å². The van der Waals surface area contributed by atoms with Gasteiger partial charge in [-0.3, -0.25) is 14.5 Å². The van der Waals surface area contributed by atoms with Crippen LogP contribution in [0.4, 0.5) is 11.4 Å². The molecule has 1 aromatic rings. The molecule has 1 aromatic carbocycles. The van der Waals surface area contributed by atoms with Crippen LogP contribution in [0.1, 0.15) is 32.1 Å². The molecule has 2 heterocycles. The van der Waals surface area contributed by atoms with Crippen LogP contribution in [0, 0.1) is 5.92 Å². The van der Waals surface area contributed by atoms with Crippen molar-refractivity contribution in [3.8, 4) is 5.75 Å². The van der Waals surface area contributed by atoms with E-state index in [1.165, 1.54) is 20.0 Å². The summed E-state index contributed by atoms with van der Waals surface area (Å²) >= 11 is 0. The van der Waals surface area contributed by atoms with Crippen molar-refractivity contribution in [2.75, 3.05) is 44.5 Å². The van der Waals surface area contributed by atoms with Crippen molar-refractivity contribution < 1.29 is 19.1 Å². The van der Waals surface area contributed by atoms with Crippen LogP contribution in [0.3, 0.4) is 0 Å². The second-order valence-electron chi connectivity index (χ2n) is 7.23. The van der Waals surface area contributed by atoms with E-state index in [9.17, 15) is 9.59 Å². The fourth-order valence-electron chi connectivity index (χ4n) is 4.17. The number of piperidine rings is 2. The maximum absolute atomic E-state index is 13.1. The molecule has 0 radical (unpaired) electrons. The molecule has 2 aliphatic rings. The summed E-state index contributed by atoms with van der Waals surface area (Å²) in [6.45, 7) is 2.14. The van der Waals surface area contributed by atoms with E-state index in [0.717, 1.165) is 32.4 Å². The van der Waals surface area contributed by atoms with Gasteiger partial charge < -0.3 is 20.1 Å². The molecule has 0 unspecified atom stereocenters. The van der Waals surface area contributed by atoms with E-state index in [4.69, 9.17) is 9.47 Å². The number of nitrogens with one attached hydrogen (secondary N) is 2. The smallest absolute Gasteiger partial charge is 0.250 e. The van der Waals surface area contributed by atoms with Gasteiger partial charge in [-0.25, -0.2) is 0 Å². The molecule has 0 bridgehead atoms. The standard InChI is InChI=1S/C20H29N3O4/c1-26-13-19(24)21-16-9-8-14(27-2)12-17(16)22-20(25)15-6-5-11-23-10-4-3-7-18(15)23/h8-9,12,15,18H,3-7,10-11,13H2,1-2H3,(H,21,24)(H,22,25)/t15-,18-/m1/s1. The van der Waals surface area contributed by atoms with Crippen LogP contribution < -0.4 is 15.4 Å². The normalized spacial score (nSPS) is 22.6. The Kier molecular flexibility index (Phi) is 6.68. The third kappa shape index (κ3) is 4.78. The highest BCUT2D eigenvalue weighted by Gasteiger charge is 2.37. The van der Waals surface area contributed by atoms with Gasteiger partial charge >= 0.3 is 0 Å². The molecule has 27 heavy (non-hydrogen) atoms. The number of methoxy groups -OCH3 is 2. The van der Waals surface area contributed by atoms with Crippen molar-refractivity contribution in [1.82, 2.24) is 4.90 Å². The molecular formula is C20H29N3O4. The van der Waals surface area contributed by atoms with Gasteiger partial charge in [0.15, 0.2) is 0 Å². The van der Waals surface area contributed by atoms with Crippen LogP contribution in [0.25, 0.3) is 0 Å². The first-order valence-corrected chi connectivity index (χ1v) is 9.64. The number of amides is 2. The Morgan fingerprint density at radius 3 is 2.67 bits per heavy atom. The summed E-state index contributed by atoms with van der Waals surface area (Å²) in [6.07, 6.45) is 5.43. The van der Waals surface area contributed by atoms with Gasteiger partial charge in [-0.2, -0.15) is 0 Å². The number of ether oxygens (including phenoxy) is 2. The number of fused-ring (bicyclic) bond motifs is 1. The molecule has 0 aromatic heterocycles. The Hall–Kier alpha value is -2.12. The van der Waals surface area contributed by atoms with E-state index >= 15 is 0 Å². The van der Waals surface area contributed by atoms with Crippen molar-refractivity contribution in [2.24, 2.45) is 5.92 Å². The van der Waals surface area contributed by atoms with E-state index in [-0.39, 0.29) is 24.3 Å². The summed E-state index contributed by atoms with van der Waals surface area (Å²) in [7, 11) is 3.04. The Bertz CT molecular complexity index is 677. The van der Waals surface area contributed by atoms with Gasteiger partial charge in [0.25, 0.3) is 0 Å². The van der Waals surface area contributed by atoms with Gasteiger partial charge in [-0.15, -0.1) is 0 Å². The molecule has 0 saturated carbocycles. The lowest BCUT2D eigenvalue weighted by Gasteiger charge is -2.43. The molecule has 0 spiro atoms. The largest absolute Gasteiger partial charge is 0.497 e. The van der Waals surface area contributed by atoms with Gasteiger partial charge in [-0.1, -0.05) is 6.42 Å². The van der Waals surface area contributed by atoms with Crippen molar-refractivity contribution >= 4 is 23.2 Å². The zero-order chi connectivity index (χ0) is 19.2. The monoisotopic (exact) mass is 375 g/mol. The maximum Gasteiger partial charge on any atom is 0.250 e. The van der Waals surface area contributed by atoms with Gasteiger partial charge in [0, 0.05) is 19.2 Å². The average molecular weight is 375 g/mol. The predicted molar refractivity (Wildman–Crippen MR) is 104 cm³/mol. The minimum atomic E-state index is -0.269. The molecule has 2 fully saturated rings. The van der Waals surface area contributed by atoms with Crippen molar-refractivity contribution in [1.29, 1.82) is 0 Å². The van der Waals surface area contributed by atoms with Crippen molar-refractivity contribution in [3.63, 3.8) is 0 Å². The van der Waals surface area contributed by atoms with E-state index in [2.05, 4.69) is 15.5 Å². The molecule has 7 nitrogen and oxygen atoms in total. The van der Waals surface area contributed by atoms with Gasteiger partial charge in [0.05, 0.1) is 24.4 Å². The summed E-state index contributed by atoms with van der Waals surface area (Å²) in [6, 6.07) is 5.55. The number of carbonyl (C=O) groups excluding carboxylic acids is 2. The Labute approximate surface area is 160 Å². The Morgan fingerprint density at radius 2 is 1.89 bits per heavy atom. The Balaban J connectivity index is 1.76. The highest BCUT2D eigenvalue weighted by atomic mass is 16.5. The first kappa shape index (κ1) is 19.6. The maximum atomic E-state index is 13.1. The van der Waals surface area contributed by atoms with Crippen LogP contribution in [0.5, 0.6) is 5.75 Å². The Morgan fingerprint density at radius 1 is 1.07 bits per heavy atom. The van der Waals surface area contributed by atoms with Gasteiger partial charge in [0.2, 0.25) is 11.8 Å². The number of benzene rings is 1. The molecule has 2 aliphatic heterocycles. The second-order valence-corrected chi connectivity index (χ2v) is 7.23. The number of anilines is 2. The third-order valence-electron chi connectivity index (χ3n) is 5.46. The highest BCUT2D eigenvalue weighted by molar-refractivity contribution is 6.01. The number of hydrogen-bond donors (Lipinski definition) is 2. The van der Waals surface area contributed by atoms with Gasteiger partial charge in [-0.05, 0) is 50.9 Å². The van der Waals surface area contributed by atoms with Gasteiger partial charge in [0.1, 0.15) is 12.4 Å². The molecule has 2 saturated heterocycles. The third-order valence-corrected chi connectivity index (χ3v) is 5.46. The van der Waals surface area contributed by atoms with E-state index in [0.29, 0.717) is 23.2 Å². The molecule has 148 valence electrons. The lowest BCUT2D eigenvalue weighted by Crippen LogP contribution is -2.51. The van der Waals surface area contributed by atoms with Crippen LogP contribution >= 0.6 is 0 Å².